The van der Waals surface area contributed by atoms with Crippen LogP contribution in [-0.4, -0.2) is 36.4 Å². The van der Waals surface area contributed by atoms with E-state index >= 15 is 0 Å². The molecule has 1 aliphatic heterocycles. The third-order valence-electron chi connectivity index (χ3n) is 3.25. The molecule has 3 heterocycles. The zero-order valence-electron chi connectivity index (χ0n) is 11.5. The molecule has 1 fully saturated rings. The van der Waals surface area contributed by atoms with Crippen molar-refractivity contribution < 1.29 is 9.53 Å². The third kappa shape index (κ3) is 3.38. The van der Waals surface area contributed by atoms with Crippen molar-refractivity contribution in [3.63, 3.8) is 0 Å². The van der Waals surface area contributed by atoms with Gasteiger partial charge in [-0.25, -0.2) is 0 Å². The molecule has 0 spiro atoms. The Labute approximate surface area is 135 Å². The highest BCUT2D eigenvalue weighted by Gasteiger charge is 2.26. The van der Waals surface area contributed by atoms with Crippen molar-refractivity contribution in [1.29, 1.82) is 0 Å². The molecule has 0 unspecified atom stereocenters. The van der Waals surface area contributed by atoms with Crippen LogP contribution in [0.15, 0.2) is 21.2 Å². The Morgan fingerprint density at radius 1 is 1.43 bits per heavy atom. The molecule has 112 valence electrons. The molecule has 0 amide bonds. The van der Waals surface area contributed by atoms with Gasteiger partial charge in [-0.3, -0.25) is 4.79 Å². The maximum absolute atomic E-state index is 12.0. The van der Waals surface area contributed by atoms with Crippen molar-refractivity contribution in [2.75, 3.05) is 25.1 Å². The number of thiophene rings is 1. The summed E-state index contributed by atoms with van der Waals surface area (Å²) in [5.74, 6) is -0.253. The molecule has 5 nitrogen and oxygen atoms in total. The van der Waals surface area contributed by atoms with E-state index in [-0.39, 0.29) is 11.2 Å². The summed E-state index contributed by atoms with van der Waals surface area (Å²) in [6, 6.07) is 1.95. The minimum atomic E-state index is -0.374. The highest BCUT2D eigenvalue weighted by Crippen LogP contribution is 2.40. The van der Waals surface area contributed by atoms with Crippen LogP contribution in [-0.2, 0) is 9.53 Å². The molecule has 21 heavy (non-hydrogen) atoms. The number of ether oxygens (including phenoxy) is 1. The number of nitrogens with zero attached hydrogens (tertiary/aromatic N) is 3. The van der Waals surface area contributed by atoms with Gasteiger partial charge in [-0.15, -0.1) is 10.2 Å². The molecule has 0 bridgehead atoms. The molecular weight excluding hydrogens is 326 g/mol. The summed E-state index contributed by atoms with van der Waals surface area (Å²) in [6.45, 7) is 2.09. The lowest BCUT2D eigenvalue weighted by molar-refractivity contribution is -0.140. The van der Waals surface area contributed by atoms with Crippen LogP contribution in [0.1, 0.15) is 23.7 Å². The molecule has 1 aliphatic rings. The summed E-state index contributed by atoms with van der Waals surface area (Å²) >= 11 is 4.53. The summed E-state index contributed by atoms with van der Waals surface area (Å²) in [7, 11) is 1.41. The average molecular weight is 341 g/mol. The van der Waals surface area contributed by atoms with Gasteiger partial charge in [0.2, 0.25) is 5.13 Å². The van der Waals surface area contributed by atoms with Gasteiger partial charge in [0.05, 0.1) is 7.11 Å². The quantitative estimate of drug-likeness (QED) is 0.615. The fraction of sp³-hybridized carbons (Fsp3) is 0.462. The fourth-order valence-electron chi connectivity index (χ4n) is 2.17. The van der Waals surface area contributed by atoms with Gasteiger partial charge in [-0.05, 0) is 35.2 Å². The number of thioether (sulfide) groups is 1. The van der Waals surface area contributed by atoms with E-state index in [1.165, 1.54) is 31.7 Å². The maximum atomic E-state index is 12.0. The first kappa shape index (κ1) is 14.8. The van der Waals surface area contributed by atoms with E-state index < -0.39 is 0 Å². The van der Waals surface area contributed by atoms with Crippen LogP contribution >= 0.6 is 34.4 Å². The number of carbonyl (C=O) groups is 1. The second-order valence-electron chi connectivity index (χ2n) is 4.62. The first-order valence-corrected chi connectivity index (χ1v) is 9.27. The number of rotatable bonds is 5. The standard InChI is InChI=1S/C13H15N3O2S3/c1-18-11(17)10(9-4-7-19-8-9)20-13-15-14-12(21-13)16-5-2-3-6-16/h4,7-8,10H,2-3,5-6H2,1H3/t10-/m1/s1. The second kappa shape index (κ2) is 6.76. The third-order valence-corrected chi connectivity index (χ3v) is 6.25. The SMILES string of the molecule is COC(=O)[C@H](Sc1nnc(N2CCCC2)s1)c1ccsc1. The van der Waals surface area contributed by atoms with Crippen LogP contribution in [0.25, 0.3) is 0 Å². The van der Waals surface area contributed by atoms with E-state index in [1.54, 1.807) is 22.7 Å². The zero-order chi connectivity index (χ0) is 14.7. The average Bonchev–Trinajstić information content (AvgIpc) is 3.24. The molecule has 0 saturated carbocycles. The molecular formula is C13H15N3O2S3. The van der Waals surface area contributed by atoms with Crippen molar-refractivity contribution in [1.82, 2.24) is 10.2 Å². The molecule has 2 aromatic rings. The van der Waals surface area contributed by atoms with Crippen LogP contribution in [0, 0.1) is 0 Å². The molecule has 3 rings (SSSR count). The normalized spacial score (nSPS) is 16.1. The van der Waals surface area contributed by atoms with Gasteiger partial charge in [0, 0.05) is 13.1 Å². The van der Waals surface area contributed by atoms with Crippen LogP contribution < -0.4 is 4.90 Å². The molecule has 0 aliphatic carbocycles. The van der Waals surface area contributed by atoms with Crippen LogP contribution in [0.5, 0.6) is 0 Å². The molecule has 8 heteroatoms. The van der Waals surface area contributed by atoms with E-state index in [2.05, 4.69) is 15.1 Å². The lowest BCUT2D eigenvalue weighted by Crippen LogP contribution is -2.17. The summed E-state index contributed by atoms with van der Waals surface area (Å²) in [4.78, 5) is 14.2. The predicted molar refractivity (Wildman–Crippen MR) is 86.3 cm³/mol. The highest BCUT2D eigenvalue weighted by atomic mass is 32.2. The van der Waals surface area contributed by atoms with Crippen LogP contribution in [0.3, 0.4) is 0 Å². The number of hydrogen-bond donors (Lipinski definition) is 0. The highest BCUT2D eigenvalue weighted by molar-refractivity contribution is 8.01. The fourth-order valence-corrected chi connectivity index (χ4v) is 5.04. The van der Waals surface area contributed by atoms with Crippen molar-refractivity contribution in [2.24, 2.45) is 0 Å². The Morgan fingerprint density at radius 2 is 2.24 bits per heavy atom. The Balaban J connectivity index is 1.75. The van der Waals surface area contributed by atoms with Crippen molar-refractivity contribution in [3.05, 3.63) is 22.4 Å². The summed E-state index contributed by atoms with van der Waals surface area (Å²) in [6.07, 6.45) is 2.42. The smallest absolute Gasteiger partial charge is 0.323 e. The molecule has 2 aromatic heterocycles. The minimum Gasteiger partial charge on any atom is -0.468 e. The van der Waals surface area contributed by atoms with Gasteiger partial charge in [-0.1, -0.05) is 23.1 Å². The van der Waals surface area contributed by atoms with Crippen LogP contribution in [0.4, 0.5) is 5.13 Å². The number of aromatic nitrogens is 2. The van der Waals surface area contributed by atoms with E-state index in [4.69, 9.17) is 4.74 Å². The van der Waals surface area contributed by atoms with Gasteiger partial charge in [0.1, 0.15) is 5.25 Å². The van der Waals surface area contributed by atoms with E-state index in [0.29, 0.717) is 0 Å². The summed E-state index contributed by atoms with van der Waals surface area (Å²) in [5, 5.41) is 13.0. The first-order valence-electron chi connectivity index (χ1n) is 6.63. The monoisotopic (exact) mass is 341 g/mol. The van der Waals surface area contributed by atoms with Crippen molar-refractivity contribution in [3.8, 4) is 0 Å². The molecule has 1 atom stereocenters. The van der Waals surface area contributed by atoms with E-state index in [9.17, 15) is 4.79 Å². The zero-order valence-corrected chi connectivity index (χ0v) is 14.0. The van der Waals surface area contributed by atoms with Gasteiger partial charge < -0.3 is 9.64 Å². The first-order chi connectivity index (χ1) is 10.3. The topological polar surface area (TPSA) is 55.3 Å². The van der Waals surface area contributed by atoms with E-state index in [1.807, 2.05) is 16.8 Å². The molecule has 1 saturated heterocycles. The largest absolute Gasteiger partial charge is 0.468 e. The van der Waals surface area contributed by atoms with Gasteiger partial charge in [-0.2, -0.15) is 11.3 Å². The van der Waals surface area contributed by atoms with E-state index in [0.717, 1.165) is 28.1 Å². The van der Waals surface area contributed by atoms with Crippen molar-refractivity contribution >= 4 is 45.5 Å². The predicted octanol–water partition coefficient (Wildman–Crippen LogP) is 3.21. The van der Waals surface area contributed by atoms with Gasteiger partial charge in [0.25, 0.3) is 0 Å². The Hall–Kier alpha value is -1.12. The Kier molecular flexibility index (Phi) is 4.77. The number of anilines is 1. The van der Waals surface area contributed by atoms with Crippen LogP contribution in [0.2, 0.25) is 0 Å². The van der Waals surface area contributed by atoms with Gasteiger partial charge in [0.15, 0.2) is 4.34 Å². The minimum absolute atomic E-state index is 0.253. The summed E-state index contributed by atoms with van der Waals surface area (Å²) in [5.41, 5.74) is 0.953. The number of esters is 1. The van der Waals surface area contributed by atoms with Crippen molar-refractivity contribution in [2.45, 2.75) is 22.4 Å². The lowest BCUT2D eigenvalue weighted by Gasteiger charge is -2.12. The maximum Gasteiger partial charge on any atom is 0.323 e. The van der Waals surface area contributed by atoms with Gasteiger partial charge >= 0.3 is 5.97 Å². The second-order valence-corrected chi connectivity index (χ2v) is 7.71. The Bertz CT molecular complexity index is 594. The number of methoxy groups -OCH3 is 1. The number of carbonyl (C=O) groups excluding carboxylic acids is 1. The Morgan fingerprint density at radius 3 is 2.90 bits per heavy atom. The molecule has 0 aromatic carbocycles. The summed E-state index contributed by atoms with van der Waals surface area (Å²) < 4.78 is 5.71. The number of hydrogen-bond acceptors (Lipinski definition) is 8. The lowest BCUT2D eigenvalue weighted by atomic mass is 10.2. The molecule has 0 radical (unpaired) electrons. The molecule has 0 N–H and O–H groups in total.